The summed E-state index contributed by atoms with van der Waals surface area (Å²) in [6.07, 6.45) is 0. The average molecular weight is 202 g/mol. The van der Waals surface area contributed by atoms with Crippen LogP contribution in [0.4, 0.5) is 0 Å². The lowest BCUT2D eigenvalue weighted by atomic mass is 10.2. The number of hydrogen-bond acceptors (Lipinski definition) is 3. The summed E-state index contributed by atoms with van der Waals surface area (Å²) in [4.78, 5) is 23.7. The molecule has 0 aliphatic rings. The highest BCUT2D eigenvalue weighted by molar-refractivity contribution is 5.86. The minimum absolute atomic E-state index is 0.260. The Labute approximate surface area is 84.1 Å². The summed E-state index contributed by atoms with van der Waals surface area (Å²) in [5.41, 5.74) is 0. The average Bonchev–Trinajstić information content (AvgIpc) is 2.14. The lowest BCUT2D eigenvalue weighted by Gasteiger charge is -2.23. The normalized spacial score (nSPS) is 14.9. The Hall–Kier alpha value is -1.10. The Bertz CT molecular complexity index is 218. The van der Waals surface area contributed by atoms with Crippen molar-refractivity contribution in [3.8, 4) is 0 Å². The Morgan fingerprint density at radius 3 is 2.29 bits per heavy atom. The monoisotopic (exact) mass is 202 g/mol. The lowest BCUT2D eigenvalue weighted by Crippen LogP contribution is -2.48. The van der Waals surface area contributed by atoms with Crippen molar-refractivity contribution in [1.82, 2.24) is 10.2 Å². The zero-order chi connectivity index (χ0) is 11.3. The molecular weight excluding hydrogens is 184 g/mol. The van der Waals surface area contributed by atoms with Crippen LogP contribution in [0.1, 0.15) is 20.8 Å². The first-order valence-electron chi connectivity index (χ1n) is 4.63. The molecule has 0 rings (SSSR count). The van der Waals surface area contributed by atoms with Crippen LogP contribution in [0.2, 0.25) is 0 Å². The standard InChI is InChI=1S/C9H18N2O3/c1-5-11(4)7(3)8(12)10-6(2)9(13)14/h6-7H,5H2,1-4H3,(H,10,12)(H,13,14). The maximum Gasteiger partial charge on any atom is 0.325 e. The number of carboxylic acid groups (broad SMARTS) is 1. The van der Waals surface area contributed by atoms with Gasteiger partial charge in [-0.3, -0.25) is 14.5 Å². The first kappa shape index (κ1) is 12.9. The molecule has 5 nitrogen and oxygen atoms in total. The van der Waals surface area contributed by atoms with Crippen molar-refractivity contribution >= 4 is 11.9 Å². The fraction of sp³-hybridized carbons (Fsp3) is 0.778. The van der Waals surface area contributed by atoms with Crippen LogP contribution in [-0.2, 0) is 9.59 Å². The summed E-state index contributed by atoms with van der Waals surface area (Å²) in [7, 11) is 1.82. The Morgan fingerprint density at radius 2 is 1.93 bits per heavy atom. The molecule has 0 fully saturated rings. The van der Waals surface area contributed by atoms with Crippen LogP contribution in [0.15, 0.2) is 0 Å². The number of aliphatic carboxylic acids is 1. The van der Waals surface area contributed by atoms with E-state index in [1.54, 1.807) is 6.92 Å². The molecule has 5 heteroatoms. The van der Waals surface area contributed by atoms with Crippen LogP contribution in [0.3, 0.4) is 0 Å². The van der Waals surface area contributed by atoms with Gasteiger partial charge in [0.1, 0.15) is 6.04 Å². The second-order valence-electron chi connectivity index (χ2n) is 3.32. The number of amides is 1. The largest absolute Gasteiger partial charge is 0.480 e. The molecule has 2 atom stereocenters. The van der Waals surface area contributed by atoms with E-state index in [1.165, 1.54) is 6.92 Å². The number of rotatable bonds is 5. The van der Waals surface area contributed by atoms with E-state index < -0.39 is 12.0 Å². The maximum absolute atomic E-state index is 11.4. The van der Waals surface area contributed by atoms with E-state index in [2.05, 4.69) is 5.32 Å². The topological polar surface area (TPSA) is 69.6 Å². The number of likely N-dealkylation sites (N-methyl/N-ethyl adjacent to an activating group) is 1. The molecule has 0 saturated heterocycles. The molecule has 1 amide bonds. The highest BCUT2D eigenvalue weighted by Crippen LogP contribution is 1.95. The molecule has 0 aromatic rings. The molecule has 0 aromatic heterocycles. The van der Waals surface area contributed by atoms with Crippen molar-refractivity contribution in [2.45, 2.75) is 32.9 Å². The summed E-state index contributed by atoms with van der Waals surface area (Å²) < 4.78 is 0. The van der Waals surface area contributed by atoms with Crippen LogP contribution >= 0.6 is 0 Å². The van der Waals surface area contributed by atoms with Crippen LogP contribution in [0, 0.1) is 0 Å². The van der Waals surface area contributed by atoms with Gasteiger partial charge in [-0.2, -0.15) is 0 Å². The number of nitrogens with one attached hydrogen (secondary N) is 1. The molecule has 0 aliphatic carbocycles. The summed E-state index contributed by atoms with van der Waals surface area (Å²) in [5.74, 6) is -1.28. The van der Waals surface area contributed by atoms with E-state index in [1.807, 2.05) is 18.9 Å². The maximum atomic E-state index is 11.4. The van der Waals surface area contributed by atoms with E-state index in [-0.39, 0.29) is 11.9 Å². The predicted octanol–water partition coefficient (Wildman–Crippen LogP) is -0.0841. The fourth-order valence-corrected chi connectivity index (χ4v) is 0.870. The van der Waals surface area contributed by atoms with Crippen molar-refractivity contribution in [3.05, 3.63) is 0 Å². The van der Waals surface area contributed by atoms with Gasteiger partial charge in [0, 0.05) is 0 Å². The third-order valence-corrected chi connectivity index (χ3v) is 2.27. The third-order valence-electron chi connectivity index (χ3n) is 2.27. The summed E-state index contributed by atoms with van der Waals surface area (Å²) in [6, 6.07) is -1.14. The van der Waals surface area contributed by atoms with Crippen LogP contribution in [-0.4, -0.2) is 47.6 Å². The van der Waals surface area contributed by atoms with E-state index in [4.69, 9.17) is 5.11 Å². The zero-order valence-electron chi connectivity index (χ0n) is 9.07. The molecule has 0 bridgehead atoms. The van der Waals surface area contributed by atoms with Gasteiger partial charge >= 0.3 is 5.97 Å². The SMILES string of the molecule is CCN(C)C(C)C(=O)NC(C)C(=O)O. The van der Waals surface area contributed by atoms with Gasteiger partial charge in [-0.15, -0.1) is 0 Å². The van der Waals surface area contributed by atoms with Crippen LogP contribution < -0.4 is 5.32 Å². The first-order valence-corrected chi connectivity index (χ1v) is 4.63. The van der Waals surface area contributed by atoms with Gasteiger partial charge in [-0.25, -0.2) is 0 Å². The Balaban J connectivity index is 4.14. The minimum atomic E-state index is -1.02. The van der Waals surface area contributed by atoms with E-state index in [9.17, 15) is 9.59 Å². The van der Waals surface area contributed by atoms with Crippen molar-refractivity contribution in [2.24, 2.45) is 0 Å². The van der Waals surface area contributed by atoms with Gasteiger partial charge in [-0.05, 0) is 27.4 Å². The smallest absolute Gasteiger partial charge is 0.325 e. The highest BCUT2D eigenvalue weighted by Gasteiger charge is 2.20. The number of carbonyl (C=O) groups excluding carboxylic acids is 1. The number of hydrogen-bond donors (Lipinski definition) is 2. The van der Waals surface area contributed by atoms with Crippen LogP contribution in [0.5, 0.6) is 0 Å². The first-order chi connectivity index (χ1) is 6.40. The molecule has 0 saturated carbocycles. The molecule has 0 radical (unpaired) electrons. The fourth-order valence-electron chi connectivity index (χ4n) is 0.870. The third kappa shape index (κ3) is 3.74. The minimum Gasteiger partial charge on any atom is -0.480 e. The highest BCUT2D eigenvalue weighted by atomic mass is 16.4. The molecular formula is C9H18N2O3. The van der Waals surface area contributed by atoms with Crippen molar-refractivity contribution in [3.63, 3.8) is 0 Å². The molecule has 0 spiro atoms. The van der Waals surface area contributed by atoms with Gasteiger partial charge < -0.3 is 10.4 Å². The van der Waals surface area contributed by atoms with Crippen LogP contribution in [0.25, 0.3) is 0 Å². The van der Waals surface area contributed by atoms with E-state index in [0.29, 0.717) is 0 Å². The second kappa shape index (κ2) is 5.59. The van der Waals surface area contributed by atoms with Gasteiger partial charge in [0.2, 0.25) is 5.91 Å². The van der Waals surface area contributed by atoms with E-state index >= 15 is 0 Å². The second-order valence-corrected chi connectivity index (χ2v) is 3.32. The predicted molar refractivity (Wildman–Crippen MR) is 53.0 cm³/mol. The molecule has 2 N–H and O–H groups in total. The van der Waals surface area contributed by atoms with Gasteiger partial charge in [0.05, 0.1) is 6.04 Å². The quantitative estimate of drug-likeness (QED) is 0.654. The number of nitrogens with zero attached hydrogens (tertiary/aromatic N) is 1. The molecule has 0 aromatic carbocycles. The molecule has 2 unspecified atom stereocenters. The molecule has 0 heterocycles. The molecule has 14 heavy (non-hydrogen) atoms. The zero-order valence-corrected chi connectivity index (χ0v) is 9.07. The summed E-state index contributed by atoms with van der Waals surface area (Å²) in [6.45, 7) is 5.87. The molecule has 0 aliphatic heterocycles. The summed E-state index contributed by atoms with van der Waals surface area (Å²) >= 11 is 0. The number of carbonyl (C=O) groups is 2. The number of carboxylic acids is 1. The van der Waals surface area contributed by atoms with Crippen molar-refractivity contribution < 1.29 is 14.7 Å². The van der Waals surface area contributed by atoms with Crippen molar-refractivity contribution in [1.29, 1.82) is 0 Å². The van der Waals surface area contributed by atoms with E-state index in [0.717, 1.165) is 6.54 Å². The van der Waals surface area contributed by atoms with Gasteiger partial charge in [0.15, 0.2) is 0 Å². The summed E-state index contributed by atoms with van der Waals surface area (Å²) in [5, 5.41) is 11.0. The molecule has 82 valence electrons. The van der Waals surface area contributed by atoms with Gasteiger partial charge in [0.25, 0.3) is 0 Å². The van der Waals surface area contributed by atoms with Crippen molar-refractivity contribution in [2.75, 3.05) is 13.6 Å². The Kier molecular flexibility index (Phi) is 5.15. The van der Waals surface area contributed by atoms with Gasteiger partial charge in [-0.1, -0.05) is 6.92 Å². The Morgan fingerprint density at radius 1 is 1.43 bits per heavy atom. The lowest BCUT2D eigenvalue weighted by molar-refractivity contribution is -0.142.